The minimum atomic E-state index is -0.951. The highest BCUT2D eigenvalue weighted by molar-refractivity contribution is 5.79. The van der Waals surface area contributed by atoms with Crippen molar-refractivity contribution in [1.29, 1.82) is 0 Å². The van der Waals surface area contributed by atoms with Crippen LogP contribution in [0.15, 0.2) is 24.3 Å². The maximum Gasteiger partial charge on any atom is 0.172 e. The predicted molar refractivity (Wildman–Crippen MR) is 184 cm³/mol. The molecule has 1 spiro atoms. The lowest BCUT2D eigenvalue weighted by molar-refractivity contribution is -0.292. The Hall–Kier alpha value is -1.29. The number of aliphatic hydroxyl groups is 2. The highest BCUT2D eigenvalue weighted by atomic mass is 16.8. The van der Waals surface area contributed by atoms with E-state index >= 15 is 0 Å². The van der Waals surface area contributed by atoms with Crippen molar-refractivity contribution in [3.05, 3.63) is 24.3 Å². The lowest BCUT2D eigenvalue weighted by Gasteiger charge is -2.47. The average molecular weight is 731 g/mol. The van der Waals surface area contributed by atoms with E-state index < -0.39 is 24.1 Å². The predicted octanol–water partition coefficient (Wildman–Crippen LogP) is 3.47. The highest BCUT2D eigenvalue weighted by Gasteiger charge is 2.68. The molecule has 52 heavy (non-hydrogen) atoms. The molecule has 12 nitrogen and oxygen atoms in total. The molecule has 0 saturated carbocycles. The van der Waals surface area contributed by atoms with Crippen molar-refractivity contribution in [2.24, 2.45) is 11.8 Å². The van der Waals surface area contributed by atoms with Crippen LogP contribution in [-0.4, -0.2) is 133 Å². The van der Waals surface area contributed by atoms with Crippen LogP contribution in [0.4, 0.5) is 0 Å². The van der Waals surface area contributed by atoms with Gasteiger partial charge in [0.2, 0.25) is 0 Å². The summed E-state index contributed by atoms with van der Waals surface area (Å²) in [5.74, 6) is -0.709. The molecule has 2 N–H and O–H groups in total. The summed E-state index contributed by atoms with van der Waals surface area (Å²) < 4.78 is 59.8. The van der Waals surface area contributed by atoms with Crippen LogP contribution in [-0.2, 0) is 47.4 Å². The first kappa shape index (κ1) is 36.4. The molecule has 10 heterocycles. The molecular formula is C40H58O12. The molecule has 0 aromatic rings. The Morgan fingerprint density at radius 3 is 2.37 bits per heavy atom. The van der Waals surface area contributed by atoms with Gasteiger partial charge in [-0.3, -0.25) is 4.79 Å². The monoisotopic (exact) mass is 730 g/mol. The van der Waals surface area contributed by atoms with Gasteiger partial charge in [-0.2, -0.15) is 0 Å². The van der Waals surface area contributed by atoms with Crippen molar-refractivity contribution < 1.29 is 57.6 Å². The molecule has 0 amide bonds. The SMILES string of the molecule is C=C1C[C@@H]2CC[C@@]34C[C@@H]5O[C@@H]6[C@@H](O[C@H]7CCC(CC(=O)C[C@H]8[C@H](CC9O[C@@H](CCC1O2)C[C@@H](C)C9=C)OC(C[C@H](O)CO)[C@@H]8OC)O[C@@H]7[C@@H]6O3)[C@H]5O4. The molecule has 19 atom stereocenters. The van der Waals surface area contributed by atoms with E-state index in [0.717, 1.165) is 49.7 Å². The average Bonchev–Trinajstić information content (AvgIpc) is 3.79. The van der Waals surface area contributed by atoms with Gasteiger partial charge in [0.15, 0.2) is 5.79 Å². The van der Waals surface area contributed by atoms with Crippen molar-refractivity contribution in [2.45, 2.75) is 194 Å². The zero-order valence-corrected chi connectivity index (χ0v) is 30.7. The molecule has 290 valence electrons. The molecule has 0 aliphatic carbocycles. The molecule has 10 rings (SSSR count). The lowest BCUT2D eigenvalue weighted by Crippen LogP contribution is -2.61. The molecule has 10 fully saturated rings. The Bertz CT molecular complexity index is 1370. The van der Waals surface area contributed by atoms with E-state index in [2.05, 4.69) is 20.1 Å². The fourth-order valence-electron chi connectivity index (χ4n) is 11.3. The number of Topliss-reactive ketones (excluding diaryl/α,β-unsaturated/α-hetero) is 1. The normalized spacial score (nSPS) is 52.4. The van der Waals surface area contributed by atoms with E-state index in [4.69, 9.17) is 42.6 Å². The molecule has 12 heteroatoms. The van der Waals surface area contributed by atoms with Crippen LogP contribution in [0.5, 0.6) is 0 Å². The van der Waals surface area contributed by atoms with Gasteiger partial charge in [0.05, 0.1) is 73.8 Å². The first-order chi connectivity index (χ1) is 25.1. The van der Waals surface area contributed by atoms with Crippen molar-refractivity contribution in [2.75, 3.05) is 13.7 Å². The quantitative estimate of drug-likeness (QED) is 0.410. The Balaban J connectivity index is 0.994. The summed E-state index contributed by atoms with van der Waals surface area (Å²) in [6.07, 6.45) is 4.01. The van der Waals surface area contributed by atoms with Crippen LogP contribution in [0, 0.1) is 11.8 Å². The summed E-state index contributed by atoms with van der Waals surface area (Å²) >= 11 is 0. The fourth-order valence-corrected chi connectivity index (χ4v) is 11.3. The third-order valence-corrected chi connectivity index (χ3v) is 13.9. The van der Waals surface area contributed by atoms with Crippen LogP contribution < -0.4 is 0 Å². The van der Waals surface area contributed by atoms with Gasteiger partial charge in [0.25, 0.3) is 0 Å². The molecule has 10 saturated heterocycles. The summed E-state index contributed by atoms with van der Waals surface area (Å²) in [4.78, 5) is 14.0. The van der Waals surface area contributed by atoms with Gasteiger partial charge < -0.3 is 52.8 Å². The first-order valence-electron chi connectivity index (χ1n) is 20.1. The number of ketones is 1. The molecule has 0 aromatic carbocycles. The van der Waals surface area contributed by atoms with E-state index in [1.54, 1.807) is 7.11 Å². The number of carbonyl (C=O) groups excluding carboxylic acids is 1. The molecular weight excluding hydrogens is 672 g/mol. The van der Waals surface area contributed by atoms with Crippen molar-refractivity contribution in [3.63, 3.8) is 0 Å². The van der Waals surface area contributed by atoms with Gasteiger partial charge in [0, 0.05) is 51.6 Å². The van der Waals surface area contributed by atoms with Gasteiger partial charge in [-0.15, -0.1) is 0 Å². The summed E-state index contributed by atoms with van der Waals surface area (Å²) in [5, 5.41) is 20.1. The smallest absolute Gasteiger partial charge is 0.172 e. The van der Waals surface area contributed by atoms with Crippen LogP contribution in [0.3, 0.4) is 0 Å². The van der Waals surface area contributed by atoms with Gasteiger partial charge in [-0.25, -0.2) is 0 Å². The Morgan fingerprint density at radius 1 is 0.788 bits per heavy atom. The number of ether oxygens (including phenoxy) is 9. The second-order valence-electron chi connectivity index (χ2n) is 17.4. The fraction of sp³-hybridized carbons (Fsp3) is 0.875. The highest BCUT2D eigenvalue weighted by Crippen LogP contribution is 2.54. The summed E-state index contributed by atoms with van der Waals surface area (Å²) in [7, 11) is 1.63. The summed E-state index contributed by atoms with van der Waals surface area (Å²) in [5.41, 5.74) is 2.17. The second-order valence-corrected chi connectivity index (χ2v) is 17.4. The summed E-state index contributed by atoms with van der Waals surface area (Å²) in [6.45, 7) is 10.7. The maximum absolute atomic E-state index is 14.0. The van der Waals surface area contributed by atoms with E-state index in [1.807, 2.05) is 0 Å². The lowest BCUT2D eigenvalue weighted by atomic mass is 9.81. The number of hydrogen-bond acceptors (Lipinski definition) is 12. The number of rotatable bonds is 4. The van der Waals surface area contributed by atoms with Crippen molar-refractivity contribution in [1.82, 2.24) is 0 Å². The van der Waals surface area contributed by atoms with Gasteiger partial charge in [-0.1, -0.05) is 20.1 Å². The van der Waals surface area contributed by atoms with Gasteiger partial charge in [-0.05, 0) is 62.0 Å². The Labute approximate surface area is 306 Å². The number of aliphatic hydroxyl groups excluding tert-OH is 2. The van der Waals surface area contributed by atoms with Crippen LogP contribution in [0.25, 0.3) is 0 Å². The van der Waals surface area contributed by atoms with Crippen LogP contribution in [0.1, 0.15) is 90.4 Å². The largest absolute Gasteiger partial charge is 0.394 e. The minimum Gasteiger partial charge on any atom is -0.394 e. The topological polar surface area (TPSA) is 141 Å². The molecule has 10 aliphatic heterocycles. The third kappa shape index (κ3) is 6.59. The van der Waals surface area contributed by atoms with Crippen molar-refractivity contribution in [3.8, 4) is 0 Å². The van der Waals surface area contributed by atoms with E-state index in [0.29, 0.717) is 25.7 Å². The molecule has 12 bridgehead atoms. The molecule has 0 aromatic heterocycles. The Kier molecular flexibility index (Phi) is 10.0. The summed E-state index contributed by atoms with van der Waals surface area (Å²) in [6, 6.07) is 0. The number of fused-ring (bicyclic) bond motifs is 6. The molecule has 10 aliphatic rings. The first-order valence-corrected chi connectivity index (χ1v) is 20.1. The van der Waals surface area contributed by atoms with E-state index in [9.17, 15) is 15.0 Å². The van der Waals surface area contributed by atoms with E-state index in [1.165, 1.54) is 0 Å². The molecule has 0 radical (unpaired) electrons. The zero-order valence-electron chi connectivity index (χ0n) is 30.7. The van der Waals surface area contributed by atoms with E-state index in [-0.39, 0.29) is 123 Å². The zero-order chi connectivity index (χ0) is 35.9. The van der Waals surface area contributed by atoms with Crippen molar-refractivity contribution >= 4 is 5.78 Å². The standard InChI is InChI=1S/C40H58O12/c1-19-11-24-5-7-28-20(2)12-26(45-28)9-10-40-17-33-36(51-40)37-38(50-33)39(52-40)35-29(49-37)8-6-25(47-35)13-22(42)14-27-31(16-30(46-24)21(19)3)48-32(34(27)44-4)15-23(43)18-41/h19,23-39,41,43H,2-3,5-18H2,1,4H3/t19-,23+,24+,25?,26+,27+,28?,29+,30?,31+,32?,33+,34-,35+,36+,37+,38-,39+,40+/m1/s1. The minimum absolute atomic E-state index is 0.0260. The number of carbonyl (C=O) groups is 1. The van der Waals surface area contributed by atoms with Gasteiger partial charge >= 0.3 is 0 Å². The van der Waals surface area contributed by atoms with Crippen LogP contribution in [0.2, 0.25) is 0 Å². The second kappa shape index (κ2) is 14.3. The Morgan fingerprint density at radius 2 is 1.54 bits per heavy atom. The maximum atomic E-state index is 14.0. The van der Waals surface area contributed by atoms with Crippen LogP contribution >= 0.6 is 0 Å². The molecule has 4 unspecified atom stereocenters. The number of methoxy groups -OCH3 is 1. The third-order valence-electron chi connectivity index (χ3n) is 13.9. The number of hydrogen-bond donors (Lipinski definition) is 2. The van der Waals surface area contributed by atoms with Gasteiger partial charge in [0.1, 0.15) is 36.3 Å².